The fourth-order valence-electron chi connectivity index (χ4n) is 5.70. The molecule has 4 aromatic rings. The molecule has 5 rings (SSSR count). The highest BCUT2D eigenvalue weighted by Crippen LogP contribution is 2.33. The Labute approximate surface area is 280 Å². The number of ether oxygens (including phenoxy) is 1. The van der Waals surface area contributed by atoms with Gasteiger partial charge in [0.25, 0.3) is 15.7 Å². The molecule has 0 aliphatic carbocycles. The molecule has 0 unspecified atom stereocenters. The molecule has 10 nitrogen and oxygen atoms in total. The molecule has 1 heterocycles. The molecule has 0 radical (unpaired) electrons. The van der Waals surface area contributed by atoms with E-state index in [2.05, 4.69) is 39.7 Å². The molecule has 0 amide bonds. The Morgan fingerprint density at radius 1 is 1.02 bits per heavy atom. The lowest BCUT2D eigenvalue weighted by Crippen LogP contribution is -2.47. The van der Waals surface area contributed by atoms with Crippen LogP contribution in [0.3, 0.4) is 0 Å². The standard InChI is InChI=1S/C35H39N5O5S2/c1-26-8-6-7-9-28(26)25-35(45-2)18-21-39(22-19-35)29-14-12-27(13-15-29)34(36)38-47(43,44)31-16-17-32(33(24-31)40(41)42)37-20-23-46-30-10-4-3-5-11-30/h3-17,24,37H,18-23,25H2,1-2H3,(H2,36,38). The number of benzene rings is 4. The van der Waals surface area contributed by atoms with Gasteiger partial charge in [0.05, 0.1) is 15.4 Å². The molecule has 0 aromatic heterocycles. The number of amidine groups is 1. The first-order valence-corrected chi connectivity index (χ1v) is 17.8. The molecule has 3 N–H and O–H groups in total. The predicted octanol–water partition coefficient (Wildman–Crippen LogP) is 6.43. The van der Waals surface area contributed by atoms with Gasteiger partial charge >= 0.3 is 0 Å². The lowest BCUT2D eigenvalue weighted by molar-refractivity contribution is -0.384. The maximum atomic E-state index is 13.1. The van der Waals surface area contributed by atoms with Crippen LogP contribution >= 0.6 is 11.8 Å². The van der Waals surface area contributed by atoms with E-state index in [4.69, 9.17) is 10.5 Å². The van der Waals surface area contributed by atoms with E-state index in [9.17, 15) is 18.5 Å². The van der Waals surface area contributed by atoms with Gasteiger partial charge in [-0.1, -0.05) is 42.5 Å². The van der Waals surface area contributed by atoms with Gasteiger partial charge in [0.1, 0.15) is 11.5 Å². The van der Waals surface area contributed by atoms with Crippen LogP contribution in [0.1, 0.15) is 29.5 Å². The number of nitro groups is 1. The number of nitro benzene ring substituents is 1. The second-order valence-electron chi connectivity index (χ2n) is 11.5. The molecule has 1 aliphatic heterocycles. The number of methoxy groups -OCH3 is 1. The van der Waals surface area contributed by atoms with Gasteiger partial charge in [-0.05, 0) is 79.4 Å². The summed E-state index contributed by atoms with van der Waals surface area (Å²) >= 11 is 1.61. The van der Waals surface area contributed by atoms with Crippen LogP contribution in [0.2, 0.25) is 0 Å². The minimum absolute atomic E-state index is 0.199. The Balaban J connectivity index is 1.22. The van der Waals surface area contributed by atoms with Crippen LogP contribution < -0.4 is 16.0 Å². The topological polar surface area (TPSA) is 140 Å². The average Bonchev–Trinajstić information content (AvgIpc) is 3.08. The summed E-state index contributed by atoms with van der Waals surface area (Å²) in [4.78, 5) is 14.2. The van der Waals surface area contributed by atoms with E-state index in [1.807, 2.05) is 48.5 Å². The van der Waals surface area contributed by atoms with Crippen molar-refractivity contribution in [3.63, 3.8) is 0 Å². The van der Waals surface area contributed by atoms with Gasteiger partial charge in [-0.3, -0.25) is 10.1 Å². The number of hydrogen-bond acceptors (Lipinski definition) is 8. The highest BCUT2D eigenvalue weighted by Gasteiger charge is 2.35. The van der Waals surface area contributed by atoms with Crippen LogP contribution in [-0.4, -0.2) is 57.3 Å². The molecule has 246 valence electrons. The van der Waals surface area contributed by atoms with Crippen molar-refractivity contribution in [3.8, 4) is 0 Å². The van der Waals surface area contributed by atoms with Crippen LogP contribution in [-0.2, 0) is 21.2 Å². The number of nitrogens with zero attached hydrogens (tertiary/aromatic N) is 3. The molecule has 0 bridgehead atoms. The monoisotopic (exact) mass is 673 g/mol. The van der Waals surface area contributed by atoms with Gasteiger partial charge < -0.3 is 20.7 Å². The molecule has 1 saturated heterocycles. The number of aryl methyl sites for hydroxylation is 1. The average molecular weight is 674 g/mol. The number of piperidine rings is 1. The van der Waals surface area contributed by atoms with E-state index in [1.54, 1.807) is 31.0 Å². The normalized spacial score (nSPS) is 14.9. The molecule has 0 saturated carbocycles. The van der Waals surface area contributed by atoms with Crippen molar-refractivity contribution in [2.24, 2.45) is 10.1 Å². The maximum Gasteiger partial charge on any atom is 0.293 e. The molecule has 1 fully saturated rings. The van der Waals surface area contributed by atoms with Gasteiger partial charge in [-0.25, -0.2) is 0 Å². The summed E-state index contributed by atoms with van der Waals surface area (Å²) in [5.74, 6) is 0.468. The van der Waals surface area contributed by atoms with Gasteiger partial charge in [-0.2, -0.15) is 8.42 Å². The van der Waals surface area contributed by atoms with E-state index < -0.39 is 14.9 Å². The van der Waals surface area contributed by atoms with E-state index >= 15 is 0 Å². The lowest BCUT2D eigenvalue weighted by atomic mass is 9.83. The quantitative estimate of drug-likeness (QED) is 0.0410. The Hall–Kier alpha value is -4.39. The molecular weight excluding hydrogens is 635 g/mol. The van der Waals surface area contributed by atoms with E-state index in [0.29, 0.717) is 17.9 Å². The van der Waals surface area contributed by atoms with Crippen LogP contribution in [0.4, 0.5) is 17.1 Å². The zero-order valence-corrected chi connectivity index (χ0v) is 28.1. The first-order chi connectivity index (χ1) is 22.6. The third-order valence-corrected chi connectivity index (χ3v) is 10.8. The fraction of sp³-hybridized carbons (Fsp3) is 0.286. The largest absolute Gasteiger partial charge is 0.383 e. The van der Waals surface area contributed by atoms with Crippen molar-refractivity contribution >= 4 is 44.7 Å². The van der Waals surface area contributed by atoms with E-state index in [0.717, 1.165) is 49.0 Å². The number of nitrogens with two attached hydrogens (primary N) is 1. The van der Waals surface area contributed by atoms with Crippen molar-refractivity contribution in [2.45, 2.75) is 41.6 Å². The number of thioether (sulfide) groups is 1. The van der Waals surface area contributed by atoms with Crippen LogP contribution in [0, 0.1) is 17.0 Å². The molecule has 0 atom stereocenters. The third kappa shape index (κ3) is 8.51. The number of anilines is 2. The number of nitrogens with one attached hydrogen (secondary N) is 1. The molecule has 0 spiro atoms. The first kappa shape index (κ1) is 34.0. The zero-order chi connectivity index (χ0) is 33.4. The summed E-state index contributed by atoms with van der Waals surface area (Å²) in [5.41, 5.74) is 9.77. The predicted molar refractivity (Wildman–Crippen MR) is 189 cm³/mol. The minimum atomic E-state index is -4.31. The molecule has 4 aromatic carbocycles. The Bertz CT molecular complexity index is 1830. The first-order valence-electron chi connectivity index (χ1n) is 15.3. The number of sulfonamides is 1. The molecular formula is C35H39N5O5S2. The summed E-state index contributed by atoms with van der Waals surface area (Å²) in [5, 5.41) is 14.8. The van der Waals surface area contributed by atoms with Crippen molar-refractivity contribution in [1.29, 1.82) is 0 Å². The van der Waals surface area contributed by atoms with Crippen molar-refractivity contribution < 1.29 is 18.1 Å². The Morgan fingerprint density at radius 2 is 1.70 bits per heavy atom. The van der Waals surface area contributed by atoms with Crippen LogP contribution in [0.5, 0.6) is 0 Å². The van der Waals surface area contributed by atoms with Crippen molar-refractivity contribution in [3.05, 3.63) is 124 Å². The minimum Gasteiger partial charge on any atom is -0.383 e. The Kier molecular flexibility index (Phi) is 10.8. The summed E-state index contributed by atoms with van der Waals surface area (Å²) in [6.45, 7) is 4.20. The number of hydrogen-bond donors (Lipinski definition) is 2. The second kappa shape index (κ2) is 15.0. The zero-order valence-electron chi connectivity index (χ0n) is 26.5. The molecule has 12 heteroatoms. The van der Waals surface area contributed by atoms with Crippen molar-refractivity contribution in [2.75, 3.05) is 42.7 Å². The summed E-state index contributed by atoms with van der Waals surface area (Å²) in [6, 6.07) is 29.2. The van der Waals surface area contributed by atoms with Gasteiger partial charge in [0, 0.05) is 61.1 Å². The van der Waals surface area contributed by atoms with Crippen LogP contribution in [0.15, 0.2) is 111 Å². The highest BCUT2D eigenvalue weighted by atomic mass is 32.2. The SMILES string of the molecule is COC1(Cc2ccccc2C)CCN(c2ccc(/C(N)=N/S(=O)(=O)c3ccc(NCCSc4ccccc4)c([N+](=O)[O-])c3)cc2)CC1. The summed E-state index contributed by atoms with van der Waals surface area (Å²) in [6.07, 6.45) is 2.60. The smallest absolute Gasteiger partial charge is 0.293 e. The second-order valence-corrected chi connectivity index (χ2v) is 14.3. The molecule has 1 aliphatic rings. The van der Waals surface area contributed by atoms with Crippen LogP contribution in [0.25, 0.3) is 0 Å². The van der Waals surface area contributed by atoms with E-state index in [-0.39, 0.29) is 27.7 Å². The molecule has 47 heavy (non-hydrogen) atoms. The Morgan fingerprint density at radius 3 is 2.36 bits per heavy atom. The van der Waals surface area contributed by atoms with Gasteiger partial charge in [0.15, 0.2) is 0 Å². The van der Waals surface area contributed by atoms with Crippen molar-refractivity contribution in [1.82, 2.24) is 0 Å². The fourth-order valence-corrected chi connectivity index (χ4v) is 7.46. The maximum absolute atomic E-state index is 13.1. The van der Waals surface area contributed by atoms with E-state index in [1.165, 1.54) is 23.3 Å². The third-order valence-electron chi connectivity index (χ3n) is 8.52. The lowest BCUT2D eigenvalue weighted by Gasteiger charge is -2.42. The van der Waals surface area contributed by atoms with Gasteiger partial charge in [0.2, 0.25) is 0 Å². The number of rotatable bonds is 13. The summed E-state index contributed by atoms with van der Waals surface area (Å²) < 4.78 is 36.1. The van der Waals surface area contributed by atoms with Gasteiger partial charge in [-0.15, -0.1) is 16.2 Å². The highest BCUT2D eigenvalue weighted by molar-refractivity contribution is 7.99. The summed E-state index contributed by atoms with van der Waals surface area (Å²) in [7, 11) is -2.53.